The Balaban J connectivity index is 2.73. The van der Waals surface area contributed by atoms with Gasteiger partial charge in [0.05, 0.1) is 6.10 Å². The fraction of sp³-hybridized carbons (Fsp3) is 0.636. The molecule has 1 unspecified atom stereocenters. The van der Waals surface area contributed by atoms with E-state index in [9.17, 15) is 0 Å². The molecule has 1 heterocycles. The first kappa shape index (κ1) is 12.5. The van der Waals surface area contributed by atoms with E-state index < -0.39 is 0 Å². The van der Waals surface area contributed by atoms with Crippen molar-refractivity contribution < 1.29 is 4.74 Å². The number of ether oxygens (including phenoxy) is 1. The van der Waals surface area contributed by atoms with Crippen LogP contribution in [-0.4, -0.2) is 22.6 Å². The first-order chi connectivity index (χ1) is 7.65. The van der Waals surface area contributed by atoms with Crippen LogP contribution in [0.4, 0.5) is 11.8 Å². The van der Waals surface area contributed by atoms with Gasteiger partial charge < -0.3 is 15.8 Å². The number of nitrogens with two attached hydrogens (primary N) is 1. The van der Waals surface area contributed by atoms with Crippen LogP contribution in [0, 0.1) is 0 Å². The van der Waals surface area contributed by atoms with Crippen LogP contribution >= 0.6 is 0 Å². The Morgan fingerprint density at radius 3 is 2.81 bits per heavy atom. The van der Waals surface area contributed by atoms with Crippen LogP contribution in [0.15, 0.2) is 6.07 Å². The van der Waals surface area contributed by atoms with E-state index in [-0.39, 0.29) is 12.1 Å². The van der Waals surface area contributed by atoms with Gasteiger partial charge in [-0.25, -0.2) is 0 Å². The molecule has 0 bridgehead atoms. The van der Waals surface area contributed by atoms with E-state index in [4.69, 9.17) is 10.5 Å². The molecule has 1 aromatic heterocycles. The zero-order valence-corrected chi connectivity index (χ0v) is 10.2. The van der Waals surface area contributed by atoms with Crippen LogP contribution in [0.5, 0.6) is 5.88 Å². The van der Waals surface area contributed by atoms with Gasteiger partial charge in [-0.1, -0.05) is 13.8 Å². The highest BCUT2D eigenvalue weighted by molar-refractivity contribution is 5.42. The van der Waals surface area contributed by atoms with E-state index in [1.807, 2.05) is 6.92 Å². The van der Waals surface area contributed by atoms with Crippen LogP contribution in [0.1, 0.15) is 33.6 Å². The Morgan fingerprint density at radius 2 is 2.19 bits per heavy atom. The van der Waals surface area contributed by atoms with Gasteiger partial charge in [0.25, 0.3) is 0 Å². The lowest BCUT2D eigenvalue weighted by Crippen LogP contribution is -2.13. The summed E-state index contributed by atoms with van der Waals surface area (Å²) in [7, 11) is 0. The first-order valence-electron chi connectivity index (χ1n) is 5.70. The van der Waals surface area contributed by atoms with Crippen molar-refractivity contribution in [2.24, 2.45) is 0 Å². The van der Waals surface area contributed by atoms with E-state index in [0.717, 1.165) is 19.4 Å². The Hall–Kier alpha value is -1.52. The average Bonchev–Trinajstić information content (AvgIpc) is 2.25. The predicted molar refractivity (Wildman–Crippen MR) is 65.6 cm³/mol. The summed E-state index contributed by atoms with van der Waals surface area (Å²) < 4.78 is 5.59. The lowest BCUT2D eigenvalue weighted by Gasteiger charge is -2.13. The fourth-order valence-corrected chi connectivity index (χ4v) is 1.14. The number of nitrogen functional groups attached to an aromatic ring is 1. The van der Waals surface area contributed by atoms with Crippen molar-refractivity contribution >= 4 is 11.8 Å². The summed E-state index contributed by atoms with van der Waals surface area (Å²) >= 11 is 0. The normalized spacial score (nSPS) is 12.2. The zero-order chi connectivity index (χ0) is 12.0. The molecular formula is C11H20N4O. The minimum absolute atomic E-state index is 0.133. The van der Waals surface area contributed by atoms with Gasteiger partial charge in [-0.05, 0) is 19.8 Å². The maximum Gasteiger partial charge on any atom is 0.225 e. The molecule has 0 aliphatic rings. The molecule has 1 aromatic rings. The van der Waals surface area contributed by atoms with Gasteiger partial charge in [0.15, 0.2) is 0 Å². The summed E-state index contributed by atoms with van der Waals surface area (Å²) in [6, 6.07) is 1.78. The molecule has 5 heteroatoms. The van der Waals surface area contributed by atoms with Gasteiger partial charge in [-0.15, -0.1) is 0 Å². The first-order valence-corrected chi connectivity index (χ1v) is 5.70. The third kappa shape index (κ3) is 3.92. The third-order valence-corrected chi connectivity index (χ3v) is 2.17. The molecule has 16 heavy (non-hydrogen) atoms. The van der Waals surface area contributed by atoms with Crippen molar-refractivity contribution in [1.82, 2.24) is 9.97 Å². The zero-order valence-electron chi connectivity index (χ0n) is 10.2. The Kier molecular flexibility index (Phi) is 4.82. The van der Waals surface area contributed by atoms with Crippen molar-refractivity contribution in [2.75, 3.05) is 17.6 Å². The maximum atomic E-state index is 5.61. The number of hydrogen-bond acceptors (Lipinski definition) is 5. The average molecular weight is 224 g/mol. The van der Waals surface area contributed by atoms with Crippen molar-refractivity contribution in [3.05, 3.63) is 6.07 Å². The second kappa shape index (κ2) is 6.15. The summed E-state index contributed by atoms with van der Waals surface area (Å²) in [6.07, 6.45) is 2.10. The highest BCUT2D eigenvalue weighted by atomic mass is 16.5. The monoisotopic (exact) mass is 224 g/mol. The summed E-state index contributed by atoms with van der Waals surface area (Å²) in [5.41, 5.74) is 5.61. The van der Waals surface area contributed by atoms with E-state index in [1.54, 1.807) is 6.07 Å². The Morgan fingerprint density at radius 1 is 1.44 bits per heavy atom. The van der Waals surface area contributed by atoms with Crippen LogP contribution in [0.2, 0.25) is 0 Å². The van der Waals surface area contributed by atoms with Gasteiger partial charge in [0.2, 0.25) is 11.8 Å². The van der Waals surface area contributed by atoms with Gasteiger partial charge >= 0.3 is 0 Å². The van der Waals surface area contributed by atoms with E-state index in [2.05, 4.69) is 29.1 Å². The van der Waals surface area contributed by atoms with Gasteiger partial charge in [0, 0.05) is 12.6 Å². The van der Waals surface area contributed by atoms with Crippen molar-refractivity contribution in [1.29, 1.82) is 0 Å². The minimum atomic E-state index is 0.133. The van der Waals surface area contributed by atoms with Gasteiger partial charge in [-0.3, -0.25) is 0 Å². The molecule has 0 amide bonds. The molecule has 1 atom stereocenters. The van der Waals surface area contributed by atoms with E-state index in [0.29, 0.717) is 11.7 Å². The number of aromatic nitrogens is 2. The molecule has 0 saturated heterocycles. The lowest BCUT2D eigenvalue weighted by atomic mass is 10.3. The topological polar surface area (TPSA) is 73.1 Å². The summed E-state index contributed by atoms with van der Waals surface area (Å²) in [4.78, 5) is 8.11. The SMILES string of the molecule is CCCNc1cc(OC(C)CC)nc(N)n1. The highest BCUT2D eigenvalue weighted by Gasteiger charge is 2.06. The van der Waals surface area contributed by atoms with E-state index >= 15 is 0 Å². The molecule has 90 valence electrons. The largest absolute Gasteiger partial charge is 0.474 e. The van der Waals surface area contributed by atoms with Gasteiger partial charge in [-0.2, -0.15) is 9.97 Å². The number of nitrogens with zero attached hydrogens (tertiary/aromatic N) is 2. The maximum absolute atomic E-state index is 5.61. The molecule has 0 aliphatic heterocycles. The summed E-state index contributed by atoms with van der Waals surface area (Å²) in [5, 5.41) is 3.16. The number of rotatable bonds is 6. The molecule has 0 fully saturated rings. The molecule has 0 radical (unpaired) electrons. The summed E-state index contributed by atoms with van der Waals surface area (Å²) in [5.74, 6) is 1.48. The van der Waals surface area contributed by atoms with Crippen LogP contribution < -0.4 is 15.8 Å². The van der Waals surface area contributed by atoms with E-state index in [1.165, 1.54) is 0 Å². The fourth-order valence-electron chi connectivity index (χ4n) is 1.14. The number of anilines is 2. The molecule has 5 nitrogen and oxygen atoms in total. The van der Waals surface area contributed by atoms with Crippen LogP contribution in [0.25, 0.3) is 0 Å². The quantitative estimate of drug-likeness (QED) is 0.773. The van der Waals surface area contributed by atoms with Crippen molar-refractivity contribution in [3.8, 4) is 5.88 Å². The molecule has 1 rings (SSSR count). The van der Waals surface area contributed by atoms with Gasteiger partial charge in [0.1, 0.15) is 5.82 Å². The molecule has 0 aromatic carbocycles. The second-order valence-electron chi connectivity index (χ2n) is 3.71. The highest BCUT2D eigenvalue weighted by Crippen LogP contribution is 2.16. The standard InChI is InChI=1S/C11H20N4O/c1-4-6-13-9-7-10(15-11(12)14-9)16-8(3)5-2/h7-8H,4-6H2,1-3H3,(H3,12,13,14,15). The Labute approximate surface area is 96.4 Å². The second-order valence-corrected chi connectivity index (χ2v) is 3.71. The minimum Gasteiger partial charge on any atom is -0.474 e. The van der Waals surface area contributed by atoms with Crippen molar-refractivity contribution in [3.63, 3.8) is 0 Å². The summed E-state index contributed by atoms with van der Waals surface area (Å²) in [6.45, 7) is 7.01. The van der Waals surface area contributed by atoms with Crippen LogP contribution in [-0.2, 0) is 0 Å². The smallest absolute Gasteiger partial charge is 0.225 e. The molecule has 3 N–H and O–H groups in total. The van der Waals surface area contributed by atoms with Crippen LogP contribution in [0.3, 0.4) is 0 Å². The molecule has 0 saturated carbocycles. The molecular weight excluding hydrogens is 204 g/mol. The lowest BCUT2D eigenvalue weighted by molar-refractivity contribution is 0.209. The third-order valence-electron chi connectivity index (χ3n) is 2.17. The molecule has 0 spiro atoms. The Bertz CT molecular complexity index is 330. The molecule has 0 aliphatic carbocycles. The van der Waals surface area contributed by atoms with Crippen molar-refractivity contribution in [2.45, 2.75) is 39.7 Å². The number of hydrogen-bond donors (Lipinski definition) is 2. The predicted octanol–water partition coefficient (Wildman–Crippen LogP) is 2.06. The number of nitrogens with one attached hydrogen (secondary N) is 1.